The van der Waals surface area contributed by atoms with Crippen molar-refractivity contribution in [2.45, 2.75) is 56.1 Å². The molecule has 1 saturated carbocycles. The third-order valence-corrected chi connectivity index (χ3v) is 7.10. The molecule has 2 unspecified atom stereocenters. The van der Waals surface area contributed by atoms with E-state index in [2.05, 4.69) is 5.32 Å². The lowest BCUT2D eigenvalue weighted by molar-refractivity contribution is -0.139. The van der Waals surface area contributed by atoms with E-state index in [9.17, 15) is 14.7 Å². The fourth-order valence-electron chi connectivity index (χ4n) is 5.10. The van der Waals surface area contributed by atoms with Crippen molar-refractivity contribution in [1.82, 2.24) is 5.32 Å². The Bertz CT molecular complexity index is 1060. The van der Waals surface area contributed by atoms with E-state index >= 15 is 0 Å². The van der Waals surface area contributed by atoms with Gasteiger partial charge in [0.05, 0.1) is 35.8 Å². The molecule has 0 radical (unpaired) electrons. The fourth-order valence-corrected chi connectivity index (χ4v) is 5.31. The van der Waals surface area contributed by atoms with Gasteiger partial charge in [0.1, 0.15) is 17.2 Å². The second-order valence-corrected chi connectivity index (χ2v) is 9.46. The molecule has 2 N–H and O–H groups in total. The van der Waals surface area contributed by atoms with Crippen molar-refractivity contribution in [1.29, 1.82) is 0 Å². The minimum Gasteiger partial charge on any atom is -0.493 e. The van der Waals surface area contributed by atoms with Crippen molar-refractivity contribution < 1.29 is 28.9 Å². The van der Waals surface area contributed by atoms with Gasteiger partial charge in [-0.25, -0.2) is 0 Å². The Kier molecular flexibility index (Phi) is 5.93. The van der Waals surface area contributed by atoms with Crippen molar-refractivity contribution in [3.8, 4) is 17.2 Å². The Hall–Kier alpha value is -2.77. The lowest BCUT2D eigenvalue weighted by Crippen LogP contribution is -2.36. The first-order chi connectivity index (χ1) is 15.9. The van der Waals surface area contributed by atoms with Gasteiger partial charge in [-0.15, -0.1) is 0 Å². The first-order valence-corrected chi connectivity index (χ1v) is 11.7. The average molecular weight is 472 g/mol. The van der Waals surface area contributed by atoms with Crippen molar-refractivity contribution in [3.63, 3.8) is 0 Å². The van der Waals surface area contributed by atoms with Crippen LogP contribution in [0.25, 0.3) is 0 Å². The highest BCUT2D eigenvalue weighted by Crippen LogP contribution is 2.42. The number of carboxylic acid groups (broad SMARTS) is 1. The lowest BCUT2D eigenvalue weighted by Gasteiger charge is -2.24. The molecule has 2 aliphatic heterocycles. The molecule has 1 amide bonds. The van der Waals surface area contributed by atoms with E-state index in [-0.39, 0.29) is 17.6 Å². The molecule has 1 aliphatic carbocycles. The van der Waals surface area contributed by atoms with Crippen molar-refractivity contribution >= 4 is 23.5 Å². The summed E-state index contributed by atoms with van der Waals surface area (Å²) in [5.41, 5.74) is 1.06. The van der Waals surface area contributed by atoms with Crippen molar-refractivity contribution in [3.05, 3.63) is 52.5 Å². The van der Waals surface area contributed by atoms with Crippen LogP contribution < -0.4 is 14.8 Å². The highest BCUT2D eigenvalue weighted by Gasteiger charge is 2.42. The third-order valence-electron chi connectivity index (χ3n) is 6.81. The summed E-state index contributed by atoms with van der Waals surface area (Å²) < 4.78 is 17.5. The van der Waals surface area contributed by atoms with Crippen LogP contribution in [0.3, 0.4) is 0 Å². The molecule has 0 bridgehead atoms. The van der Waals surface area contributed by atoms with Gasteiger partial charge in [0, 0.05) is 17.2 Å². The Balaban J connectivity index is 1.24. The average Bonchev–Trinajstić information content (AvgIpc) is 3.43. The maximum atomic E-state index is 12.7. The largest absolute Gasteiger partial charge is 0.493 e. The number of carboxylic acids is 1. The maximum absolute atomic E-state index is 12.7. The standard InChI is InChI=1S/C25H26ClNO6/c26-20-11-19-18(24(29)30)7-10-31-21(19)12-22(20)33-17-5-3-15(4-6-17)23(28)27-16-13-25(32-14-16)8-1-2-9-25/h3-6,11-12,16,18H,1-2,7-10,13-14H2,(H,27,28)(H,29,30). The molecule has 3 aliphatic rings. The summed E-state index contributed by atoms with van der Waals surface area (Å²) in [5.74, 6) is -0.350. The molecule has 5 rings (SSSR count). The molecule has 174 valence electrons. The van der Waals surface area contributed by atoms with Gasteiger partial charge in [-0.05, 0) is 56.0 Å². The lowest BCUT2D eigenvalue weighted by atomic mass is 9.93. The number of hydrogen-bond donors (Lipinski definition) is 2. The molecule has 0 aromatic heterocycles. The number of carbonyl (C=O) groups is 2. The van der Waals surface area contributed by atoms with E-state index in [1.54, 1.807) is 36.4 Å². The van der Waals surface area contributed by atoms with Gasteiger partial charge in [-0.2, -0.15) is 0 Å². The molecule has 1 saturated heterocycles. The van der Waals surface area contributed by atoms with Crippen LogP contribution in [0.2, 0.25) is 5.02 Å². The van der Waals surface area contributed by atoms with Gasteiger partial charge in [0.2, 0.25) is 0 Å². The van der Waals surface area contributed by atoms with Gasteiger partial charge < -0.3 is 24.6 Å². The van der Waals surface area contributed by atoms with Gasteiger partial charge in [0.15, 0.2) is 0 Å². The van der Waals surface area contributed by atoms with Crippen LogP contribution in [0, 0.1) is 0 Å². The zero-order valence-corrected chi connectivity index (χ0v) is 18.9. The third kappa shape index (κ3) is 4.52. The molecule has 2 atom stereocenters. The van der Waals surface area contributed by atoms with E-state index in [0.717, 1.165) is 19.3 Å². The summed E-state index contributed by atoms with van der Waals surface area (Å²) in [6.45, 7) is 0.885. The second-order valence-electron chi connectivity index (χ2n) is 9.05. The Labute approximate surface area is 197 Å². The van der Waals surface area contributed by atoms with Crippen LogP contribution in [-0.4, -0.2) is 41.8 Å². The first kappa shape index (κ1) is 22.0. The topological polar surface area (TPSA) is 94.1 Å². The molecule has 2 aromatic carbocycles. The highest BCUT2D eigenvalue weighted by atomic mass is 35.5. The van der Waals surface area contributed by atoms with E-state index < -0.39 is 11.9 Å². The number of nitrogens with one attached hydrogen (secondary N) is 1. The van der Waals surface area contributed by atoms with E-state index in [4.69, 9.17) is 25.8 Å². The molecule has 2 fully saturated rings. The van der Waals surface area contributed by atoms with Crippen LogP contribution in [0.5, 0.6) is 17.2 Å². The Morgan fingerprint density at radius 1 is 1.15 bits per heavy atom. The van der Waals surface area contributed by atoms with Gasteiger partial charge in [-0.1, -0.05) is 24.4 Å². The minimum absolute atomic E-state index is 0.0298. The number of hydrogen-bond acceptors (Lipinski definition) is 5. The summed E-state index contributed by atoms with van der Waals surface area (Å²) in [7, 11) is 0. The van der Waals surface area contributed by atoms with Gasteiger partial charge >= 0.3 is 5.97 Å². The van der Waals surface area contributed by atoms with Crippen LogP contribution in [0.4, 0.5) is 0 Å². The predicted molar refractivity (Wildman–Crippen MR) is 121 cm³/mol. The summed E-state index contributed by atoms with van der Waals surface area (Å²) in [6, 6.07) is 10.1. The number of carbonyl (C=O) groups excluding carboxylic acids is 1. The van der Waals surface area contributed by atoms with Crippen molar-refractivity contribution in [2.24, 2.45) is 0 Å². The molecule has 2 aromatic rings. The fraction of sp³-hybridized carbons (Fsp3) is 0.440. The van der Waals surface area contributed by atoms with Crippen molar-refractivity contribution in [2.75, 3.05) is 13.2 Å². The Morgan fingerprint density at radius 2 is 1.91 bits per heavy atom. The number of ether oxygens (including phenoxy) is 3. The van der Waals surface area contributed by atoms with Crippen LogP contribution in [0.15, 0.2) is 36.4 Å². The van der Waals surface area contributed by atoms with Gasteiger partial charge in [-0.3, -0.25) is 9.59 Å². The van der Waals surface area contributed by atoms with E-state index in [0.29, 0.717) is 53.0 Å². The maximum Gasteiger partial charge on any atom is 0.311 e. The SMILES string of the molecule is O=C(NC1COC2(CCCC2)C1)c1ccc(Oc2cc3c(cc2Cl)C(C(=O)O)CCO3)cc1. The number of amides is 1. The monoisotopic (exact) mass is 471 g/mol. The van der Waals surface area contributed by atoms with Crippen LogP contribution >= 0.6 is 11.6 Å². The number of rotatable bonds is 5. The zero-order valence-electron chi connectivity index (χ0n) is 18.1. The number of fused-ring (bicyclic) bond motifs is 1. The quantitative estimate of drug-likeness (QED) is 0.643. The van der Waals surface area contributed by atoms with E-state index in [1.807, 2.05) is 0 Å². The summed E-state index contributed by atoms with van der Waals surface area (Å²) in [4.78, 5) is 24.2. The molecule has 1 spiro atoms. The first-order valence-electron chi connectivity index (χ1n) is 11.3. The molecular weight excluding hydrogens is 446 g/mol. The summed E-state index contributed by atoms with van der Waals surface area (Å²) in [6.07, 6.45) is 5.83. The van der Waals surface area contributed by atoms with Gasteiger partial charge in [0.25, 0.3) is 5.91 Å². The molecule has 8 heteroatoms. The number of benzene rings is 2. The molecule has 33 heavy (non-hydrogen) atoms. The molecule has 7 nitrogen and oxygen atoms in total. The van der Waals surface area contributed by atoms with E-state index in [1.165, 1.54) is 12.8 Å². The molecule has 2 heterocycles. The molecular formula is C25H26ClNO6. The smallest absolute Gasteiger partial charge is 0.311 e. The Morgan fingerprint density at radius 3 is 2.64 bits per heavy atom. The summed E-state index contributed by atoms with van der Waals surface area (Å²) in [5, 5.41) is 12.8. The number of aliphatic carboxylic acids is 1. The minimum atomic E-state index is -0.902. The highest BCUT2D eigenvalue weighted by molar-refractivity contribution is 6.32. The second kappa shape index (κ2) is 8.88. The number of halogens is 1. The van der Waals surface area contributed by atoms with Crippen LogP contribution in [-0.2, 0) is 9.53 Å². The normalized spacial score (nSPS) is 23.1. The predicted octanol–water partition coefficient (Wildman–Crippen LogP) is 4.91. The van der Waals surface area contributed by atoms with Crippen LogP contribution in [0.1, 0.15) is 60.4 Å². The summed E-state index contributed by atoms with van der Waals surface area (Å²) >= 11 is 6.36. The zero-order chi connectivity index (χ0) is 23.0.